The number of tetrazole rings is 1. The van der Waals surface area contributed by atoms with Gasteiger partial charge in [0.15, 0.2) is 5.69 Å². The largest absolute Gasteiger partial charge is 0.384 e. The molecule has 3 aromatic rings. The molecular formula is C19H24N6O2S. The molecule has 0 spiro atoms. The van der Waals surface area contributed by atoms with E-state index >= 15 is 0 Å². The Morgan fingerprint density at radius 1 is 1.25 bits per heavy atom. The zero-order valence-corrected chi connectivity index (χ0v) is 17.1. The second-order valence-electron chi connectivity index (χ2n) is 7.16. The van der Waals surface area contributed by atoms with E-state index in [9.17, 15) is 4.79 Å². The molecule has 1 saturated carbocycles. The molecule has 0 aliphatic heterocycles. The highest BCUT2D eigenvalue weighted by molar-refractivity contribution is 7.99. The lowest BCUT2D eigenvalue weighted by Crippen LogP contribution is -2.22. The van der Waals surface area contributed by atoms with Crippen LogP contribution in [0.4, 0.5) is 0 Å². The van der Waals surface area contributed by atoms with Gasteiger partial charge in [0.05, 0.1) is 11.4 Å². The molecule has 2 aromatic heterocycles. The topological polar surface area (TPSA) is 79.8 Å². The first-order chi connectivity index (χ1) is 13.6. The quantitative estimate of drug-likeness (QED) is 0.632. The van der Waals surface area contributed by atoms with Crippen LogP contribution in [0.15, 0.2) is 40.3 Å². The number of rotatable bonds is 6. The number of benzene rings is 1. The fourth-order valence-corrected chi connectivity index (χ4v) is 5.09. The van der Waals surface area contributed by atoms with Crippen molar-refractivity contribution in [2.75, 3.05) is 13.7 Å². The minimum absolute atomic E-state index is 0.135. The van der Waals surface area contributed by atoms with Crippen LogP contribution in [0.3, 0.4) is 0 Å². The number of hydrogen-bond donors (Lipinski definition) is 0. The molecule has 0 radical (unpaired) electrons. The number of aromatic nitrogens is 6. The summed E-state index contributed by atoms with van der Waals surface area (Å²) in [5.41, 5.74) is 1.98. The molecule has 0 amide bonds. The smallest absolute Gasteiger partial charge is 0.297 e. The zero-order valence-electron chi connectivity index (χ0n) is 16.3. The Balaban J connectivity index is 1.67. The van der Waals surface area contributed by atoms with E-state index in [-0.39, 0.29) is 5.56 Å². The van der Waals surface area contributed by atoms with Gasteiger partial charge in [0.1, 0.15) is 0 Å². The molecule has 148 valence electrons. The molecule has 1 aromatic carbocycles. The molecule has 2 atom stereocenters. The summed E-state index contributed by atoms with van der Waals surface area (Å²) in [5, 5.41) is 13.3. The Hall–Kier alpha value is -2.39. The van der Waals surface area contributed by atoms with Crippen molar-refractivity contribution in [2.45, 2.75) is 36.6 Å². The van der Waals surface area contributed by atoms with E-state index in [1.807, 2.05) is 49.0 Å². The SMILES string of the molecule is COCC1CCC(Sc2nnnn2-c2c(C)n(C)n(-c3ccccc3)c2=O)C1. The molecule has 4 rings (SSSR count). The maximum Gasteiger partial charge on any atom is 0.297 e. The summed E-state index contributed by atoms with van der Waals surface area (Å²) < 4.78 is 10.4. The lowest BCUT2D eigenvalue weighted by molar-refractivity contribution is 0.155. The zero-order chi connectivity index (χ0) is 19.7. The second-order valence-corrected chi connectivity index (χ2v) is 8.43. The summed E-state index contributed by atoms with van der Waals surface area (Å²) in [6, 6.07) is 9.58. The van der Waals surface area contributed by atoms with E-state index < -0.39 is 0 Å². The van der Waals surface area contributed by atoms with Crippen LogP contribution < -0.4 is 5.56 Å². The van der Waals surface area contributed by atoms with Crippen molar-refractivity contribution < 1.29 is 4.74 Å². The van der Waals surface area contributed by atoms with Crippen molar-refractivity contribution in [3.05, 3.63) is 46.4 Å². The van der Waals surface area contributed by atoms with Crippen molar-refractivity contribution >= 4 is 11.8 Å². The third-order valence-electron chi connectivity index (χ3n) is 5.34. The fraction of sp³-hybridized carbons (Fsp3) is 0.474. The number of methoxy groups -OCH3 is 1. The van der Waals surface area contributed by atoms with Gasteiger partial charge in [-0.25, -0.2) is 4.68 Å². The minimum atomic E-state index is -0.135. The van der Waals surface area contributed by atoms with Gasteiger partial charge in [0, 0.05) is 26.0 Å². The Morgan fingerprint density at radius 3 is 2.79 bits per heavy atom. The summed E-state index contributed by atoms with van der Waals surface area (Å²) >= 11 is 1.65. The van der Waals surface area contributed by atoms with Crippen LogP contribution in [0.2, 0.25) is 0 Å². The highest BCUT2D eigenvalue weighted by Crippen LogP contribution is 2.37. The van der Waals surface area contributed by atoms with Crippen LogP contribution in [-0.2, 0) is 11.8 Å². The van der Waals surface area contributed by atoms with Crippen molar-refractivity contribution in [3.8, 4) is 11.4 Å². The Labute approximate surface area is 167 Å². The van der Waals surface area contributed by atoms with Crippen molar-refractivity contribution in [1.29, 1.82) is 0 Å². The number of ether oxygens (including phenoxy) is 1. The van der Waals surface area contributed by atoms with Gasteiger partial charge in [-0.3, -0.25) is 9.48 Å². The van der Waals surface area contributed by atoms with E-state index in [0.29, 0.717) is 22.0 Å². The molecule has 0 N–H and O–H groups in total. The van der Waals surface area contributed by atoms with Gasteiger partial charge >= 0.3 is 0 Å². The van der Waals surface area contributed by atoms with Gasteiger partial charge in [-0.05, 0) is 54.7 Å². The van der Waals surface area contributed by atoms with E-state index in [0.717, 1.165) is 37.3 Å². The van der Waals surface area contributed by atoms with Crippen molar-refractivity contribution in [2.24, 2.45) is 13.0 Å². The molecule has 9 heteroatoms. The number of thioether (sulfide) groups is 1. The molecule has 28 heavy (non-hydrogen) atoms. The number of para-hydroxylation sites is 1. The maximum atomic E-state index is 13.2. The molecule has 1 aliphatic carbocycles. The molecule has 2 unspecified atom stereocenters. The summed E-state index contributed by atoms with van der Waals surface area (Å²) in [4.78, 5) is 13.2. The molecule has 1 aliphatic rings. The van der Waals surface area contributed by atoms with Gasteiger partial charge in [0.2, 0.25) is 5.16 Å². The normalized spacial score (nSPS) is 19.4. The van der Waals surface area contributed by atoms with Crippen LogP contribution in [-0.4, -0.2) is 48.5 Å². The minimum Gasteiger partial charge on any atom is -0.384 e. The Bertz CT molecular complexity index is 1010. The summed E-state index contributed by atoms with van der Waals surface area (Å²) in [6.45, 7) is 2.71. The monoisotopic (exact) mass is 400 g/mol. The van der Waals surface area contributed by atoms with Crippen LogP contribution in [0, 0.1) is 12.8 Å². The third kappa shape index (κ3) is 3.40. The third-order valence-corrected chi connectivity index (χ3v) is 6.57. The maximum absolute atomic E-state index is 13.2. The van der Waals surface area contributed by atoms with Crippen molar-refractivity contribution in [3.63, 3.8) is 0 Å². The molecule has 1 fully saturated rings. The summed E-state index contributed by atoms with van der Waals surface area (Å²) in [6.07, 6.45) is 3.33. The standard InChI is InChI=1S/C19H24N6O2S/c1-13-17(18(26)25(23(13)2)15-7-5-4-6-8-15)24-19(20-21-22-24)28-16-10-9-14(11-16)12-27-3/h4-8,14,16H,9-12H2,1-3H3. The second kappa shape index (κ2) is 7.92. The average molecular weight is 401 g/mol. The van der Waals surface area contributed by atoms with E-state index in [2.05, 4.69) is 15.5 Å². The van der Waals surface area contributed by atoms with Gasteiger partial charge in [-0.2, -0.15) is 4.68 Å². The predicted molar refractivity (Wildman–Crippen MR) is 107 cm³/mol. The van der Waals surface area contributed by atoms with Crippen LogP contribution >= 0.6 is 11.8 Å². The summed E-state index contributed by atoms with van der Waals surface area (Å²) in [5.74, 6) is 0.584. The molecule has 0 saturated heterocycles. The molecule has 0 bridgehead atoms. The average Bonchev–Trinajstić information content (AvgIpc) is 3.38. The van der Waals surface area contributed by atoms with Crippen LogP contribution in [0.25, 0.3) is 11.4 Å². The first-order valence-corrected chi connectivity index (χ1v) is 10.3. The van der Waals surface area contributed by atoms with Gasteiger partial charge in [0.25, 0.3) is 5.56 Å². The van der Waals surface area contributed by atoms with E-state index in [1.54, 1.807) is 28.2 Å². The van der Waals surface area contributed by atoms with Gasteiger partial charge in [-0.1, -0.05) is 30.0 Å². The lowest BCUT2D eigenvalue weighted by atomic mass is 10.1. The molecule has 2 heterocycles. The highest BCUT2D eigenvalue weighted by atomic mass is 32.2. The van der Waals surface area contributed by atoms with Crippen LogP contribution in [0.5, 0.6) is 0 Å². The Kier molecular flexibility index (Phi) is 5.36. The van der Waals surface area contributed by atoms with E-state index in [4.69, 9.17) is 4.74 Å². The van der Waals surface area contributed by atoms with Crippen molar-refractivity contribution in [1.82, 2.24) is 29.6 Å². The first kappa shape index (κ1) is 18.9. The predicted octanol–water partition coefficient (Wildman–Crippen LogP) is 2.37. The van der Waals surface area contributed by atoms with Gasteiger partial charge in [-0.15, -0.1) is 5.10 Å². The highest BCUT2D eigenvalue weighted by Gasteiger charge is 2.29. The molecular weight excluding hydrogens is 376 g/mol. The molecule has 8 nitrogen and oxygen atoms in total. The first-order valence-electron chi connectivity index (χ1n) is 9.38. The Morgan fingerprint density at radius 2 is 2.04 bits per heavy atom. The van der Waals surface area contributed by atoms with Crippen LogP contribution in [0.1, 0.15) is 25.0 Å². The number of nitrogens with zero attached hydrogens (tertiary/aromatic N) is 6. The lowest BCUT2D eigenvalue weighted by Gasteiger charge is -2.10. The van der Waals surface area contributed by atoms with E-state index in [1.165, 1.54) is 0 Å². The summed E-state index contributed by atoms with van der Waals surface area (Å²) in [7, 11) is 3.62. The fourth-order valence-electron chi connectivity index (χ4n) is 3.86. The number of hydrogen-bond acceptors (Lipinski definition) is 6. The van der Waals surface area contributed by atoms with Gasteiger partial charge < -0.3 is 4.74 Å².